The van der Waals surface area contributed by atoms with Crippen LogP contribution in [0.2, 0.25) is 0 Å². The zero-order valence-corrected chi connectivity index (χ0v) is 15.0. The number of hydrogen-bond acceptors (Lipinski definition) is 5. The van der Waals surface area contributed by atoms with Crippen LogP contribution in [0.5, 0.6) is 0 Å². The van der Waals surface area contributed by atoms with Crippen LogP contribution in [0.25, 0.3) is 17.1 Å². The molecule has 7 heteroatoms. The van der Waals surface area contributed by atoms with Gasteiger partial charge in [0.15, 0.2) is 11.4 Å². The Kier molecular flexibility index (Phi) is 5.05. The minimum Gasteiger partial charge on any atom is -0.372 e. The Hall–Kier alpha value is -3.11. The maximum Gasteiger partial charge on any atom is 0.278 e. The van der Waals surface area contributed by atoms with E-state index in [1.807, 2.05) is 24.5 Å². The quantitative estimate of drug-likeness (QED) is 0.714. The summed E-state index contributed by atoms with van der Waals surface area (Å²) >= 11 is 1.59. The first-order chi connectivity index (χ1) is 12.6. The number of thioether (sulfide) groups is 1. The van der Waals surface area contributed by atoms with Crippen LogP contribution in [0.1, 0.15) is 5.56 Å². The average Bonchev–Trinajstić information content (AvgIpc) is 2.68. The number of hydrogen-bond donors (Lipinski definition) is 1. The van der Waals surface area contributed by atoms with Gasteiger partial charge in [0.1, 0.15) is 17.7 Å². The molecule has 5 nitrogen and oxygen atoms in total. The largest absolute Gasteiger partial charge is 0.372 e. The number of aromatic nitrogens is 2. The third-order valence-corrected chi connectivity index (χ3v) is 4.61. The highest BCUT2D eigenvalue weighted by Crippen LogP contribution is 2.24. The lowest BCUT2D eigenvalue weighted by molar-refractivity contribution is 0.628. The van der Waals surface area contributed by atoms with E-state index in [1.54, 1.807) is 43.1 Å². The molecule has 1 aromatic heterocycles. The van der Waals surface area contributed by atoms with Crippen molar-refractivity contribution in [3.8, 4) is 23.1 Å². The first-order valence-electron chi connectivity index (χ1n) is 7.74. The van der Waals surface area contributed by atoms with Gasteiger partial charge in [-0.05, 0) is 54.8 Å². The van der Waals surface area contributed by atoms with E-state index >= 15 is 0 Å². The number of benzene rings is 2. The highest BCUT2D eigenvalue weighted by molar-refractivity contribution is 7.98. The van der Waals surface area contributed by atoms with Crippen LogP contribution in [0, 0.1) is 17.1 Å². The van der Waals surface area contributed by atoms with Crippen LogP contribution in [0.15, 0.2) is 58.2 Å². The zero-order valence-electron chi connectivity index (χ0n) is 14.2. The summed E-state index contributed by atoms with van der Waals surface area (Å²) in [6, 6.07) is 15.0. The fraction of sp³-hybridized carbons (Fsp3) is 0.105. The van der Waals surface area contributed by atoms with E-state index in [0.717, 1.165) is 4.90 Å². The second-order valence-corrected chi connectivity index (χ2v) is 6.25. The van der Waals surface area contributed by atoms with E-state index in [1.165, 1.54) is 16.7 Å². The van der Waals surface area contributed by atoms with Gasteiger partial charge in [0.25, 0.3) is 5.56 Å². The third-order valence-electron chi connectivity index (χ3n) is 3.86. The van der Waals surface area contributed by atoms with Crippen molar-refractivity contribution in [1.29, 1.82) is 5.26 Å². The summed E-state index contributed by atoms with van der Waals surface area (Å²) in [5, 5.41) is 12.2. The monoisotopic (exact) mass is 366 g/mol. The van der Waals surface area contributed by atoms with Gasteiger partial charge in [-0.1, -0.05) is 0 Å². The second kappa shape index (κ2) is 7.42. The molecule has 0 spiro atoms. The van der Waals surface area contributed by atoms with Crippen molar-refractivity contribution in [3.63, 3.8) is 0 Å². The minimum atomic E-state index is -0.483. The van der Waals surface area contributed by atoms with Gasteiger partial charge < -0.3 is 5.32 Å². The fourth-order valence-electron chi connectivity index (χ4n) is 2.57. The maximum absolute atomic E-state index is 13.3. The van der Waals surface area contributed by atoms with E-state index < -0.39 is 5.56 Å². The van der Waals surface area contributed by atoms with Crippen LogP contribution in [-0.2, 0) is 0 Å². The van der Waals surface area contributed by atoms with Crippen molar-refractivity contribution < 1.29 is 4.39 Å². The number of anilines is 1. The van der Waals surface area contributed by atoms with Crippen LogP contribution in [0.4, 0.5) is 10.2 Å². The highest BCUT2D eigenvalue weighted by Gasteiger charge is 2.18. The Morgan fingerprint density at radius 1 is 1.15 bits per heavy atom. The molecule has 2 aromatic carbocycles. The lowest BCUT2D eigenvalue weighted by Gasteiger charge is -2.15. The molecule has 130 valence electrons. The number of halogens is 1. The molecule has 0 unspecified atom stereocenters. The topological polar surface area (TPSA) is 70.7 Å². The molecule has 0 saturated heterocycles. The minimum absolute atomic E-state index is 0.0766. The summed E-state index contributed by atoms with van der Waals surface area (Å²) in [6.07, 6.45) is 1.96. The maximum atomic E-state index is 13.3. The normalized spacial score (nSPS) is 10.4. The summed E-state index contributed by atoms with van der Waals surface area (Å²) in [5.41, 5.74) is 0.590. The first-order valence-corrected chi connectivity index (χ1v) is 8.96. The lowest BCUT2D eigenvalue weighted by Crippen LogP contribution is -2.25. The van der Waals surface area contributed by atoms with Crippen molar-refractivity contribution in [2.45, 2.75) is 4.90 Å². The molecular formula is C19H15FN4OS. The molecule has 0 aliphatic carbocycles. The second-order valence-electron chi connectivity index (χ2n) is 5.37. The van der Waals surface area contributed by atoms with Crippen LogP contribution in [0.3, 0.4) is 0 Å². The first kappa shape index (κ1) is 17.7. The van der Waals surface area contributed by atoms with E-state index in [4.69, 9.17) is 0 Å². The van der Waals surface area contributed by atoms with Gasteiger partial charge in [0, 0.05) is 17.5 Å². The standard InChI is InChI=1S/C19H15FN4OS/c1-22-17-16(11-21)19(25)24(14-7-9-15(26-2)10-8-14)18(23-17)12-3-5-13(20)6-4-12/h3-10,22H,1-2H3. The molecule has 0 saturated carbocycles. The Labute approximate surface area is 154 Å². The molecule has 26 heavy (non-hydrogen) atoms. The number of nitrogens with zero attached hydrogens (tertiary/aromatic N) is 3. The fourth-order valence-corrected chi connectivity index (χ4v) is 2.97. The van der Waals surface area contributed by atoms with Gasteiger partial charge in [-0.15, -0.1) is 11.8 Å². The van der Waals surface area contributed by atoms with Gasteiger partial charge in [0.05, 0.1) is 5.69 Å². The molecule has 0 amide bonds. The molecule has 3 aromatic rings. The van der Waals surface area contributed by atoms with Gasteiger partial charge >= 0.3 is 0 Å². The van der Waals surface area contributed by atoms with E-state index in [-0.39, 0.29) is 17.2 Å². The predicted octanol–water partition coefficient (Wildman–Crippen LogP) is 3.67. The molecule has 0 aliphatic rings. The van der Waals surface area contributed by atoms with Crippen LogP contribution < -0.4 is 10.9 Å². The van der Waals surface area contributed by atoms with Crippen molar-refractivity contribution >= 4 is 17.6 Å². The summed E-state index contributed by atoms with van der Waals surface area (Å²) < 4.78 is 14.7. The Balaban J connectivity index is 2.34. The molecule has 0 radical (unpaired) electrons. The smallest absolute Gasteiger partial charge is 0.278 e. The Morgan fingerprint density at radius 3 is 2.35 bits per heavy atom. The molecule has 0 fully saturated rings. The van der Waals surface area contributed by atoms with Gasteiger partial charge in [-0.3, -0.25) is 9.36 Å². The number of rotatable bonds is 4. The number of nitrogens with one attached hydrogen (secondary N) is 1. The average molecular weight is 366 g/mol. The molecule has 3 rings (SSSR count). The predicted molar refractivity (Wildman–Crippen MR) is 101 cm³/mol. The summed E-state index contributed by atoms with van der Waals surface area (Å²) in [6.45, 7) is 0. The summed E-state index contributed by atoms with van der Waals surface area (Å²) in [7, 11) is 1.59. The van der Waals surface area contributed by atoms with Crippen molar-refractivity contribution in [1.82, 2.24) is 9.55 Å². The van der Waals surface area contributed by atoms with Crippen LogP contribution >= 0.6 is 11.8 Å². The summed E-state index contributed by atoms with van der Waals surface area (Å²) in [5.74, 6) is 0.138. The molecule has 1 N–H and O–H groups in total. The van der Waals surface area contributed by atoms with Crippen molar-refractivity contribution in [2.24, 2.45) is 0 Å². The molecule has 0 atom stereocenters. The van der Waals surface area contributed by atoms with Crippen molar-refractivity contribution in [3.05, 3.63) is 70.3 Å². The van der Waals surface area contributed by atoms with Crippen molar-refractivity contribution in [2.75, 3.05) is 18.6 Å². The van der Waals surface area contributed by atoms with Gasteiger partial charge in [0.2, 0.25) is 0 Å². The third kappa shape index (κ3) is 3.19. The zero-order chi connectivity index (χ0) is 18.7. The lowest BCUT2D eigenvalue weighted by atomic mass is 10.1. The Bertz CT molecular complexity index is 1040. The summed E-state index contributed by atoms with van der Waals surface area (Å²) in [4.78, 5) is 18.5. The Morgan fingerprint density at radius 2 is 1.81 bits per heavy atom. The molecular weight excluding hydrogens is 351 g/mol. The molecule has 0 aliphatic heterocycles. The van der Waals surface area contributed by atoms with Gasteiger partial charge in [-0.2, -0.15) is 5.26 Å². The van der Waals surface area contributed by atoms with E-state index in [2.05, 4.69) is 10.3 Å². The van der Waals surface area contributed by atoms with E-state index in [0.29, 0.717) is 17.1 Å². The highest BCUT2D eigenvalue weighted by atomic mass is 32.2. The van der Waals surface area contributed by atoms with E-state index in [9.17, 15) is 14.4 Å². The number of nitriles is 1. The SMILES string of the molecule is CNc1nc(-c2ccc(F)cc2)n(-c2ccc(SC)cc2)c(=O)c1C#N. The molecule has 0 bridgehead atoms. The molecule has 1 heterocycles. The van der Waals surface area contributed by atoms with Crippen LogP contribution in [-0.4, -0.2) is 22.9 Å². The van der Waals surface area contributed by atoms with Gasteiger partial charge in [-0.25, -0.2) is 9.37 Å².